The Hall–Kier alpha value is -0.740. The largest absolute Gasteiger partial charge is 0.401 e. The molecule has 3 fully saturated rings. The summed E-state index contributed by atoms with van der Waals surface area (Å²) < 4.78 is 38.0. The van der Waals surface area contributed by atoms with E-state index in [1.807, 2.05) is 30.3 Å². The molecule has 1 saturated carbocycles. The average Bonchev–Trinajstić information content (AvgIpc) is 2.79. The lowest BCUT2D eigenvalue weighted by molar-refractivity contribution is -0.153. The summed E-state index contributed by atoms with van der Waals surface area (Å²) in [6.07, 6.45) is -2.77. The summed E-state index contributed by atoms with van der Waals surface area (Å²) in [5, 5.41) is -0.157. The zero-order valence-electron chi connectivity index (χ0n) is 10.3. The van der Waals surface area contributed by atoms with E-state index >= 15 is 0 Å². The van der Waals surface area contributed by atoms with Crippen LogP contribution >= 0.6 is 11.6 Å². The number of nitrogens with zero attached hydrogens (tertiary/aromatic N) is 1. The van der Waals surface area contributed by atoms with Crippen LogP contribution in [0.15, 0.2) is 30.3 Å². The summed E-state index contributed by atoms with van der Waals surface area (Å²) in [6, 6.07) is 9.64. The van der Waals surface area contributed by atoms with Crippen LogP contribution in [-0.4, -0.2) is 35.1 Å². The van der Waals surface area contributed by atoms with Crippen molar-refractivity contribution in [2.75, 3.05) is 13.1 Å². The van der Waals surface area contributed by atoms with Gasteiger partial charge in [-0.2, -0.15) is 13.2 Å². The van der Waals surface area contributed by atoms with Crippen LogP contribution in [0.3, 0.4) is 0 Å². The molecule has 0 radical (unpaired) electrons. The van der Waals surface area contributed by atoms with Crippen LogP contribution in [0.1, 0.15) is 12.0 Å². The van der Waals surface area contributed by atoms with Gasteiger partial charge in [0.25, 0.3) is 0 Å². The van der Waals surface area contributed by atoms with Gasteiger partial charge in [-0.3, -0.25) is 4.90 Å². The van der Waals surface area contributed by atoms with Crippen LogP contribution in [-0.2, 0) is 6.42 Å². The summed E-state index contributed by atoms with van der Waals surface area (Å²) in [7, 11) is 0. The van der Waals surface area contributed by atoms with Crippen LogP contribution in [0.5, 0.6) is 0 Å². The monoisotopic (exact) mass is 289 g/mol. The highest BCUT2D eigenvalue weighted by Gasteiger charge is 2.64. The maximum atomic E-state index is 12.7. The zero-order valence-corrected chi connectivity index (χ0v) is 11.1. The van der Waals surface area contributed by atoms with Crippen molar-refractivity contribution >= 4 is 11.6 Å². The van der Waals surface area contributed by atoms with Gasteiger partial charge in [0, 0.05) is 12.1 Å². The van der Waals surface area contributed by atoms with E-state index in [4.69, 9.17) is 11.6 Å². The first-order valence-electron chi connectivity index (χ1n) is 6.40. The molecule has 0 spiro atoms. The van der Waals surface area contributed by atoms with Crippen molar-refractivity contribution in [3.05, 3.63) is 35.9 Å². The Morgan fingerprint density at radius 3 is 2.53 bits per heavy atom. The molecule has 4 rings (SSSR count). The van der Waals surface area contributed by atoms with Crippen LogP contribution in [0.2, 0.25) is 0 Å². The maximum Gasteiger partial charge on any atom is 0.401 e. The molecule has 3 unspecified atom stereocenters. The Bertz CT molecular complexity index is 462. The third kappa shape index (κ3) is 2.25. The third-order valence-electron chi connectivity index (χ3n) is 4.35. The molecule has 3 atom stereocenters. The Balaban J connectivity index is 1.80. The van der Waals surface area contributed by atoms with Gasteiger partial charge in [0.1, 0.15) is 0 Å². The smallest absolute Gasteiger partial charge is 0.287 e. The van der Waals surface area contributed by atoms with Gasteiger partial charge in [-0.15, -0.1) is 11.6 Å². The molecule has 2 aliphatic heterocycles. The van der Waals surface area contributed by atoms with E-state index in [9.17, 15) is 13.2 Å². The van der Waals surface area contributed by atoms with Gasteiger partial charge in [0.05, 0.1) is 11.9 Å². The third-order valence-corrected chi connectivity index (χ3v) is 5.11. The summed E-state index contributed by atoms with van der Waals surface area (Å²) in [4.78, 5) is 1.54. The highest BCUT2D eigenvalue weighted by molar-refractivity contribution is 6.22. The Morgan fingerprint density at radius 1 is 1.26 bits per heavy atom. The number of halogens is 4. The van der Waals surface area contributed by atoms with Gasteiger partial charge >= 0.3 is 6.18 Å². The molecule has 3 aliphatic rings. The standard InChI is InChI=1S/C14H15ClF3N/c15-12-11-7-13(12,6-10-4-2-1-3-5-10)19(8-11)9-14(16,17)18/h1-5,11-12H,6-9H2. The SMILES string of the molecule is FC(F)(F)CN1CC2CC1(Cc1ccccc1)C2Cl. The predicted molar refractivity (Wildman–Crippen MR) is 68.3 cm³/mol. The second kappa shape index (κ2) is 4.38. The minimum absolute atomic E-state index is 0.157. The molecule has 0 N–H and O–H groups in total. The molecule has 1 aromatic carbocycles. The quantitative estimate of drug-likeness (QED) is 0.770. The molecule has 5 heteroatoms. The van der Waals surface area contributed by atoms with Gasteiger partial charge in [-0.05, 0) is 24.3 Å². The lowest BCUT2D eigenvalue weighted by Gasteiger charge is -2.47. The first-order valence-corrected chi connectivity index (χ1v) is 6.84. The van der Waals surface area contributed by atoms with Crippen molar-refractivity contribution in [1.29, 1.82) is 0 Å². The lowest BCUT2D eigenvalue weighted by Crippen LogP contribution is -2.58. The molecule has 1 aromatic rings. The van der Waals surface area contributed by atoms with Crippen LogP contribution in [0.4, 0.5) is 13.2 Å². The summed E-state index contributed by atoms with van der Waals surface area (Å²) in [5.74, 6) is 0.215. The highest BCUT2D eigenvalue weighted by atomic mass is 35.5. The fraction of sp³-hybridized carbons (Fsp3) is 0.571. The first kappa shape index (κ1) is 13.3. The minimum Gasteiger partial charge on any atom is -0.287 e. The second-order valence-electron chi connectivity index (χ2n) is 5.63. The van der Waals surface area contributed by atoms with Gasteiger partial charge < -0.3 is 0 Å². The molecule has 1 nitrogen and oxygen atoms in total. The number of hydrogen-bond acceptors (Lipinski definition) is 1. The van der Waals surface area contributed by atoms with Gasteiger partial charge in [-0.25, -0.2) is 0 Å². The Morgan fingerprint density at radius 2 is 1.95 bits per heavy atom. The van der Waals surface area contributed by atoms with Crippen molar-refractivity contribution in [3.63, 3.8) is 0 Å². The van der Waals surface area contributed by atoms with Gasteiger partial charge in [0.15, 0.2) is 0 Å². The first-order chi connectivity index (χ1) is 8.91. The van der Waals surface area contributed by atoms with E-state index in [2.05, 4.69) is 0 Å². The van der Waals surface area contributed by atoms with E-state index < -0.39 is 18.3 Å². The fourth-order valence-corrected chi connectivity index (χ4v) is 4.02. The van der Waals surface area contributed by atoms with Gasteiger partial charge in [-0.1, -0.05) is 30.3 Å². The van der Waals surface area contributed by atoms with Crippen LogP contribution < -0.4 is 0 Å². The molecule has 0 amide bonds. The molecular formula is C14H15ClF3N. The molecule has 104 valence electrons. The van der Waals surface area contributed by atoms with E-state index in [0.29, 0.717) is 13.0 Å². The van der Waals surface area contributed by atoms with Crippen molar-refractivity contribution in [3.8, 4) is 0 Å². The summed E-state index contributed by atoms with van der Waals surface area (Å²) >= 11 is 6.33. The van der Waals surface area contributed by atoms with E-state index in [0.717, 1.165) is 12.0 Å². The van der Waals surface area contributed by atoms with Crippen LogP contribution in [0.25, 0.3) is 0 Å². The number of alkyl halides is 4. The van der Waals surface area contributed by atoms with Crippen molar-refractivity contribution in [2.45, 2.75) is 29.9 Å². The molecule has 19 heavy (non-hydrogen) atoms. The minimum atomic E-state index is -4.15. The molecule has 0 aromatic heterocycles. The molecule has 2 bridgehead atoms. The van der Waals surface area contributed by atoms with E-state index in [1.165, 1.54) is 0 Å². The molecule has 2 heterocycles. The fourth-order valence-electron chi connectivity index (χ4n) is 3.54. The predicted octanol–water partition coefficient (Wildman–Crippen LogP) is 3.47. The summed E-state index contributed by atoms with van der Waals surface area (Å²) in [5.41, 5.74) is 0.559. The number of fused-ring (bicyclic) bond motifs is 1. The molecular weight excluding hydrogens is 275 g/mol. The highest BCUT2D eigenvalue weighted by Crippen LogP contribution is 2.55. The van der Waals surface area contributed by atoms with Crippen molar-refractivity contribution in [1.82, 2.24) is 4.90 Å². The molecule has 1 aliphatic carbocycles. The normalized spacial score (nSPS) is 34.3. The zero-order chi connectivity index (χ0) is 13.7. The van der Waals surface area contributed by atoms with Crippen molar-refractivity contribution in [2.24, 2.45) is 5.92 Å². The summed E-state index contributed by atoms with van der Waals surface area (Å²) in [6.45, 7) is -0.375. The number of hydrogen-bond donors (Lipinski definition) is 0. The Kier molecular flexibility index (Phi) is 3.06. The average molecular weight is 290 g/mol. The number of benzene rings is 1. The van der Waals surface area contributed by atoms with Gasteiger partial charge in [0.2, 0.25) is 0 Å². The topological polar surface area (TPSA) is 3.24 Å². The lowest BCUT2D eigenvalue weighted by atomic mass is 9.69. The Labute approximate surface area is 115 Å². The van der Waals surface area contributed by atoms with E-state index in [1.54, 1.807) is 4.90 Å². The number of rotatable bonds is 3. The van der Waals surface area contributed by atoms with Crippen molar-refractivity contribution < 1.29 is 13.2 Å². The molecule has 2 saturated heterocycles. The van der Waals surface area contributed by atoms with Crippen LogP contribution in [0, 0.1) is 5.92 Å². The maximum absolute atomic E-state index is 12.7. The van der Waals surface area contributed by atoms with E-state index in [-0.39, 0.29) is 11.3 Å². The second-order valence-corrected chi connectivity index (χ2v) is 6.10.